The van der Waals surface area contributed by atoms with Gasteiger partial charge in [0.1, 0.15) is 0 Å². The molecule has 0 fully saturated rings. The fraction of sp³-hybridized carbons (Fsp3) is 1.00. The van der Waals surface area contributed by atoms with Crippen LogP contribution < -0.4 is 6.15 Å². The summed E-state index contributed by atoms with van der Waals surface area (Å²) in [6.45, 7) is 2.16. The van der Waals surface area contributed by atoms with Crippen molar-refractivity contribution in [2.24, 2.45) is 0 Å². The minimum Gasteiger partial charge on any atom is -0.394 e. The van der Waals surface area contributed by atoms with Crippen molar-refractivity contribution in [3.8, 4) is 0 Å². The van der Waals surface area contributed by atoms with Gasteiger partial charge in [-0.05, 0) is 6.42 Å². The van der Waals surface area contributed by atoms with Gasteiger partial charge in [0.25, 0.3) is 0 Å². The Labute approximate surface area is 107 Å². The van der Waals surface area contributed by atoms with Gasteiger partial charge in [-0.2, -0.15) is 0 Å². The molecule has 0 spiro atoms. The molecule has 0 rings (SSSR count). The molecular weight excluding hydrogens is 214 g/mol. The van der Waals surface area contributed by atoms with E-state index in [2.05, 4.69) is 6.92 Å². The van der Waals surface area contributed by atoms with Crippen molar-refractivity contribution in [1.29, 1.82) is 0 Å². The van der Waals surface area contributed by atoms with Crippen LogP contribution in [0.5, 0.6) is 0 Å². The van der Waals surface area contributed by atoms with Crippen LogP contribution in [0.4, 0.5) is 0 Å². The Balaban J connectivity index is 0. The molecule has 106 valence electrons. The molecule has 1 unspecified atom stereocenters. The molecule has 0 saturated heterocycles. The first kappa shape index (κ1) is 19.2. The van der Waals surface area contributed by atoms with E-state index in [1.807, 2.05) is 0 Å². The zero-order chi connectivity index (χ0) is 12.1. The SMILES string of the molecule is CCCCCCCCCCCCC(O)CO.N. The van der Waals surface area contributed by atoms with Crippen molar-refractivity contribution in [3.63, 3.8) is 0 Å². The van der Waals surface area contributed by atoms with Crippen molar-refractivity contribution in [2.75, 3.05) is 6.61 Å². The van der Waals surface area contributed by atoms with Gasteiger partial charge >= 0.3 is 0 Å². The minimum atomic E-state index is -0.492. The molecule has 0 amide bonds. The molecule has 0 heterocycles. The smallest absolute Gasteiger partial charge is 0.0770 e. The van der Waals surface area contributed by atoms with Gasteiger partial charge in [-0.3, -0.25) is 0 Å². The number of aliphatic hydroxyl groups is 2. The summed E-state index contributed by atoms with van der Waals surface area (Å²) in [7, 11) is 0. The first-order valence-corrected chi connectivity index (χ1v) is 7.10. The molecule has 5 N–H and O–H groups in total. The Morgan fingerprint density at radius 3 is 1.59 bits per heavy atom. The largest absolute Gasteiger partial charge is 0.394 e. The summed E-state index contributed by atoms with van der Waals surface area (Å²) >= 11 is 0. The summed E-state index contributed by atoms with van der Waals surface area (Å²) < 4.78 is 0. The van der Waals surface area contributed by atoms with E-state index in [9.17, 15) is 0 Å². The second-order valence-corrected chi connectivity index (χ2v) is 4.81. The highest BCUT2D eigenvalue weighted by atomic mass is 16.3. The second kappa shape index (κ2) is 15.9. The molecule has 0 radical (unpaired) electrons. The summed E-state index contributed by atoms with van der Waals surface area (Å²) in [5.74, 6) is 0. The maximum absolute atomic E-state index is 9.13. The standard InChI is InChI=1S/C14H30O2.H3N/c1-2-3-4-5-6-7-8-9-10-11-12-14(16)13-15;/h14-16H,2-13H2,1H3;1H3. The van der Waals surface area contributed by atoms with Gasteiger partial charge < -0.3 is 16.4 Å². The van der Waals surface area contributed by atoms with Crippen LogP contribution in [0.15, 0.2) is 0 Å². The normalized spacial score (nSPS) is 12.2. The van der Waals surface area contributed by atoms with E-state index in [0.29, 0.717) is 0 Å². The van der Waals surface area contributed by atoms with Crippen molar-refractivity contribution in [2.45, 2.75) is 83.7 Å². The lowest BCUT2D eigenvalue weighted by Crippen LogP contribution is -2.10. The molecule has 0 aromatic heterocycles. The molecule has 17 heavy (non-hydrogen) atoms. The van der Waals surface area contributed by atoms with E-state index in [1.54, 1.807) is 0 Å². The quantitative estimate of drug-likeness (QED) is 0.459. The molecule has 0 aliphatic carbocycles. The Bertz CT molecular complexity index is 131. The Morgan fingerprint density at radius 1 is 0.765 bits per heavy atom. The highest BCUT2D eigenvalue weighted by Gasteiger charge is 2.00. The molecule has 0 aliphatic heterocycles. The van der Waals surface area contributed by atoms with Gasteiger partial charge in [-0.1, -0.05) is 71.1 Å². The van der Waals surface area contributed by atoms with Gasteiger partial charge in [0, 0.05) is 0 Å². The van der Waals surface area contributed by atoms with Gasteiger partial charge in [0.15, 0.2) is 0 Å². The van der Waals surface area contributed by atoms with Crippen molar-refractivity contribution in [1.82, 2.24) is 6.15 Å². The third-order valence-electron chi connectivity index (χ3n) is 3.10. The van der Waals surface area contributed by atoms with Gasteiger partial charge in [0.2, 0.25) is 0 Å². The lowest BCUT2D eigenvalue weighted by molar-refractivity contribution is 0.0860. The van der Waals surface area contributed by atoms with Crippen molar-refractivity contribution >= 4 is 0 Å². The van der Waals surface area contributed by atoms with E-state index >= 15 is 0 Å². The molecule has 1 atom stereocenters. The Hall–Kier alpha value is -0.120. The van der Waals surface area contributed by atoms with E-state index in [4.69, 9.17) is 10.2 Å². The maximum Gasteiger partial charge on any atom is 0.0770 e. The third-order valence-corrected chi connectivity index (χ3v) is 3.10. The number of unbranched alkanes of at least 4 members (excludes halogenated alkanes) is 9. The van der Waals surface area contributed by atoms with Crippen LogP contribution in [0, 0.1) is 0 Å². The Morgan fingerprint density at radius 2 is 1.18 bits per heavy atom. The van der Waals surface area contributed by atoms with E-state index < -0.39 is 6.10 Å². The fourth-order valence-corrected chi connectivity index (χ4v) is 1.96. The molecular formula is C14H33NO2. The van der Waals surface area contributed by atoms with E-state index in [-0.39, 0.29) is 12.8 Å². The van der Waals surface area contributed by atoms with Crippen LogP contribution in [-0.2, 0) is 0 Å². The number of hydrogen-bond acceptors (Lipinski definition) is 3. The summed E-state index contributed by atoms with van der Waals surface area (Å²) in [6.07, 6.45) is 13.4. The highest BCUT2D eigenvalue weighted by Crippen LogP contribution is 2.11. The van der Waals surface area contributed by atoms with E-state index in [1.165, 1.54) is 57.8 Å². The lowest BCUT2D eigenvalue weighted by atomic mass is 10.0. The van der Waals surface area contributed by atoms with Crippen LogP contribution in [-0.4, -0.2) is 22.9 Å². The van der Waals surface area contributed by atoms with Gasteiger partial charge in [-0.25, -0.2) is 0 Å². The average Bonchev–Trinajstić information content (AvgIpc) is 2.31. The number of rotatable bonds is 12. The number of aliphatic hydroxyl groups excluding tert-OH is 2. The zero-order valence-corrected chi connectivity index (χ0v) is 11.7. The second-order valence-electron chi connectivity index (χ2n) is 4.81. The van der Waals surface area contributed by atoms with Crippen molar-refractivity contribution in [3.05, 3.63) is 0 Å². The molecule has 0 bridgehead atoms. The molecule has 0 aromatic carbocycles. The van der Waals surface area contributed by atoms with Gasteiger partial charge in [-0.15, -0.1) is 0 Å². The predicted molar refractivity (Wildman–Crippen MR) is 74.6 cm³/mol. The average molecular weight is 247 g/mol. The van der Waals surface area contributed by atoms with Crippen molar-refractivity contribution < 1.29 is 10.2 Å². The summed E-state index contributed by atoms with van der Waals surface area (Å²) in [5.41, 5.74) is 0. The number of hydrogen-bond donors (Lipinski definition) is 3. The van der Waals surface area contributed by atoms with Crippen LogP contribution >= 0.6 is 0 Å². The molecule has 0 aromatic rings. The molecule has 0 aliphatic rings. The minimum absolute atomic E-state index is 0. The lowest BCUT2D eigenvalue weighted by Gasteiger charge is -2.06. The van der Waals surface area contributed by atoms with Crippen LogP contribution in [0.3, 0.4) is 0 Å². The molecule has 0 saturated carbocycles. The van der Waals surface area contributed by atoms with Crippen LogP contribution in [0.2, 0.25) is 0 Å². The molecule has 3 nitrogen and oxygen atoms in total. The van der Waals surface area contributed by atoms with E-state index in [0.717, 1.165) is 12.8 Å². The topological polar surface area (TPSA) is 75.5 Å². The fourth-order valence-electron chi connectivity index (χ4n) is 1.96. The highest BCUT2D eigenvalue weighted by molar-refractivity contribution is 4.53. The monoisotopic (exact) mass is 247 g/mol. The first-order valence-electron chi connectivity index (χ1n) is 7.10. The zero-order valence-electron chi connectivity index (χ0n) is 11.7. The maximum atomic E-state index is 9.13. The first-order chi connectivity index (χ1) is 7.81. The van der Waals surface area contributed by atoms with Crippen LogP contribution in [0.1, 0.15) is 77.6 Å². The predicted octanol–water partition coefficient (Wildman–Crippen LogP) is 3.81. The molecule has 3 heteroatoms. The Kier molecular flexibility index (Phi) is 18.0. The van der Waals surface area contributed by atoms with Gasteiger partial charge in [0.05, 0.1) is 12.7 Å². The summed E-state index contributed by atoms with van der Waals surface area (Å²) in [4.78, 5) is 0. The summed E-state index contributed by atoms with van der Waals surface area (Å²) in [5, 5.41) is 17.8. The third kappa shape index (κ3) is 15.9. The van der Waals surface area contributed by atoms with Crippen LogP contribution in [0.25, 0.3) is 0 Å². The summed E-state index contributed by atoms with van der Waals surface area (Å²) in [6, 6.07) is 0.